The lowest BCUT2D eigenvalue weighted by Gasteiger charge is -2.11. The number of hydrogen-bond acceptors (Lipinski definition) is 5. The maximum Gasteiger partial charge on any atom is 0.234 e. The van der Waals surface area contributed by atoms with Crippen molar-refractivity contribution in [2.24, 2.45) is 0 Å². The standard InChI is InChI=1S/C21H15Cl2N5OS/c22-16-9-4-10-17(23)19(16)25-18(29)13-30-21-27-26-20(14-6-5-11-24-12-14)28(21)15-7-2-1-3-8-15/h1-12H,13H2,(H,25,29). The van der Waals surface area contributed by atoms with Crippen molar-refractivity contribution in [1.29, 1.82) is 0 Å². The Labute approximate surface area is 187 Å². The van der Waals surface area contributed by atoms with Crippen LogP contribution < -0.4 is 5.32 Å². The topological polar surface area (TPSA) is 72.7 Å². The summed E-state index contributed by atoms with van der Waals surface area (Å²) in [6.07, 6.45) is 3.43. The first-order valence-corrected chi connectivity index (χ1v) is 10.7. The van der Waals surface area contributed by atoms with Gasteiger partial charge in [-0.05, 0) is 36.4 Å². The Kier molecular flexibility index (Phi) is 6.32. The molecule has 0 saturated heterocycles. The summed E-state index contributed by atoms with van der Waals surface area (Å²) in [6, 6.07) is 18.5. The molecule has 4 aromatic rings. The Morgan fingerprint density at radius 1 is 0.967 bits per heavy atom. The zero-order valence-corrected chi connectivity index (χ0v) is 17.8. The molecule has 0 atom stereocenters. The number of aromatic nitrogens is 4. The van der Waals surface area contributed by atoms with E-state index in [4.69, 9.17) is 23.2 Å². The van der Waals surface area contributed by atoms with Gasteiger partial charge in [0.05, 0.1) is 21.5 Å². The molecule has 4 rings (SSSR count). The second kappa shape index (κ2) is 9.30. The number of nitrogens with one attached hydrogen (secondary N) is 1. The molecule has 0 fully saturated rings. The molecular formula is C21H15Cl2N5OS. The Balaban J connectivity index is 1.59. The molecule has 2 aromatic carbocycles. The van der Waals surface area contributed by atoms with Crippen LogP contribution in [0.25, 0.3) is 17.1 Å². The van der Waals surface area contributed by atoms with Gasteiger partial charge in [-0.1, -0.05) is 59.2 Å². The summed E-state index contributed by atoms with van der Waals surface area (Å²) in [5, 5.41) is 12.7. The van der Waals surface area contributed by atoms with E-state index in [-0.39, 0.29) is 11.7 Å². The number of hydrogen-bond donors (Lipinski definition) is 1. The van der Waals surface area contributed by atoms with Crippen LogP contribution in [0.2, 0.25) is 10.0 Å². The highest BCUT2D eigenvalue weighted by molar-refractivity contribution is 7.99. The highest BCUT2D eigenvalue weighted by Crippen LogP contribution is 2.31. The van der Waals surface area contributed by atoms with E-state index in [2.05, 4.69) is 20.5 Å². The molecular weight excluding hydrogens is 441 g/mol. The molecule has 30 heavy (non-hydrogen) atoms. The SMILES string of the molecule is O=C(CSc1nnc(-c2cccnc2)n1-c1ccccc1)Nc1c(Cl)cccc1Cl. The summed E-state index contributed by atoms with van der Waals surface area (Å²) < 4.78 is 1.90. The third kappa shape index (κ3) is 4.48. The van der Waals surface area contributed by atoms with Gasteiger partial charge in [0.2, 0.25) is 5.91 Å². The number of carbonyl (C=O) groups is 1. The van der Waals surface area contributed by atoms with Crippen LogP contribution in [-0.2, 0) is 4.79 Å². The fraction of sp³-hybridized carbons (Fsp3) is 0.0476. The second-order valence-corrected chi connectivity index (χ2v) is 7.91. The Hall–Kier alpha value is -2.87. The first-order chi connectivity index (χ1) is 14.6. The van der Waals surface area contributed by atoms with Gasteiger partial charge in [-0.25, -0.2) is 0 Å². The third-order valence-corrected chi connectivity index (χ3v) is 5.69. The van der Waals surface area contributed by atoms with Crippen molar-refractivity contribution in [1.82, 2.24) is 19.7 Å². The van der Waals surface area contributed by atoms with Gasteiger partial charge in [-0.2, -0.15) is 0 Å². The first-order valence-electron chi connectivity index (χ1n) is 8.91. The van der Waals surface area contributed by atoms with Crippen molar-refractivity contribution >= 4 is 46.6 Å². The number of nitrogens with zero attached hydrogens (tertiary/aromatic N) is 4. The van der Waals surface area contributed by atoms with Gasteiger partial charge in [0.15, 0.2) is 11.0 Å². The lowest BCUT2D eigenvalue weighted by Crippen LogP contribution is -2.15. The zero-order chi connectivity index (χ0) is 20.9. The van der Waals surface area contributed by atoms with Crippen LogP contribution in [0, 0.1) is 0 Å². The molecule has 0 aliphatic carbocycles. The molecule has 2 heterocycles. The average Bonchev–Trinajstić information content (AvgIpc) is 3.20. The smallest absolute Gasteiger partial charge is 0.234 e. The number of thioether (sulfide) groups is 1. The number of pyridine rings is 1. The molecule has 1 N–H and O–H groups in total. The monoisotopic (exact) mass is 455 g/mol. The van der Waals surface area contributed by atoms with E-state index in [1.807, 2.05) is 47.0 Å². The maximum absolute atomic E-state index is 12.5. The highest BCUT2D eigenvalue weighted by atomic mass is 35.5. The van der Waals surface area contributed by atoms with Gasteiger partial charge in [0, 0.05) is 23.6 Å². The summed E-state index contributed by atoms with van der Waals surface area (Å²) in [5.41, 5.74) is 2.11. The first kappa shape index (κ1) is 20.4. The van der Waals surface area contributed by atoms with E-state index in [9.17, 15) is 4.79 Å². The summed E-state index contributed by atoms with van der Waals surface area (Å²) in [6.45, 7) is 0. The Morgan fingerprint density at radius 2 is 1.73 bits per heavy atom. The predicted octanol–water partition coefficient (Wildman–Crippen LogP) is 5.37. The number of benzene rings is 2. The van der Waals surface area contributed by atoms with Crippen LogP contribution in [-0.4, -0.2) is 31.4 Å². The number of amides is 1. The molecule has 2 aromatic heterocycles. The van der Waals surface area contributed by atoms with Crippen LogP contribution in [0.4, 0.5) is 5.69 Å². The lowest BCUT2D eigenvalue weighted by atomic mass is 10.2. The van der Waals surface area contributed by atoms with Crippen molar-refractivity contribution in [2.45, 2.75) is 5.16 Å². The molecule has 0 unspecified atom stereocenters. The van der Waals surface area contributed by atoms with Gasteiger partial charge in [0.25, 0.3) is 0 Å². The van der Waals surface area contributed by atoms with Crippen LogP contribution in [0.5, 0.6) is 0 Å². The lowest BCUT2D eigenvalue weighted by molar-refractivity contribution is -0.113. The van der Waals surface area contributed by atoms with E-state index in [1.165, 1.54) is 11.8 Å². The van der Waals surface area contributed by atoms with Gasteiger partial charge in [-0.3, -0.25) is 14.3 Å². The molecule has 0 aliphatic rings. The van der Waals surface area contributed by atoms with E-state index in [0.717, 1.165) is 11.3 Å². The van der Waals surface area contributed by atoms with Crippen LogP contribution in [0.15, 0.2) is 78.2 Å². The quantitative estimate of drug-likeness (QED) is 0.395. The van der Waals surface area contributed by atoms with E-state index in [1.54, 1.807) is 30.6 Å². The number of carbonyl (C=O) groups excluding carboxylic acids is 1. The van der Waals surface area contributed by atoms with Crippen molar-refractivity contribution in [2.75, 3.05) is 11.1 Å². The van der Waals surface area contributed by atoms with Crippen molar-refractivity contribution < 1.29 is 4.79 Å². The van der Waals surface area contributed by atoms with Crippen LogP contribution in [0.3, 0.4) is 0 Å². The number of para-hydroxylation sites is 2. The number of anilines is 1. The van der Waals surface area contributed by atoms with E-state index >= 15 is 0 Å². The van der Waals surface area contributed by atoms with E-state index in [0.29, 0.717) is 26.7 Å². The predicted molar refractivity (Wildman–Crippen MR) is 120 cm³/mol. The van der Waals surface area contributed by atoms with Gasteiger partial charge < -0.3 is 5.32 Å². The number of rotatable bonds is 6. The summed E-state index contributed by atoms with van der Waals surface area (Å²) in [7, 11) is 0. The molecule has 150 valence electrons. The van der Waals surface area contributed by atoms with Gasteiger partial charge in [-0.15, -0.1) is 10.2 Å². The second-order valence-electron chi connectivity index (χ2n) is 6.15. The maximum atomic E-state index is 12.5. The van der Waals surface area contributed by atoms with Crippen molar-refractivity contribution in [3.8, 4) is 17.1 Å². The zero-order valence-electron chi connectivity index (χ0n) is 15.5. The van der Waals surface area contributed by atoms with Crippen molar-refractivity contribution in [3.05, 3.63) is 83.1 Å². The largest absolute Gasteiger partial charge is 0.323 e. The fourth-order valence-corrected chi connectivity index (χ4v) is 4.02. The summed E-state index contributed by atoms with van der Waals surface area (Å²) in [4.78, 5) is 16.7. The Bertz CT molecular complexity index is 1150. The summed E-state index contributed by atoms with van der Waals surface area (Å²) >= 11 is 13.5. The van der Waals surface area contributed by atoms with Crippen molar-refractivity contribution in [3.63, 3.8) is 0 Å². The molecule has 0 aliphatic heterocycles. The molecule has 9 heteroatoms. The van der Waals surface area contributed by atoms with Crippen LogP contribution >= 0.6 is 35.0 Å². The molecule has 0 saturated carbocycles. The fourth-order valence-electron chi connectivity index (χ4n) is 2.78. The normalized spacial score (nSPS) is 10.7. The minimum atomic E-state index is -0.250. The molecule has 0 radical (unpaired) electrons. The minimum Gasteiger partial charge on any atom is -0.323 e. The van der Waals surface area contributed by atoms with E-state index < -0.39 is 0 Å². The molecule has 0 spiro atoms. The molecule has 0 bridgehead atoms. The number of halogens is 2. The Morgan fingerprint density at radius 3 is 2.43 bits per heavy atom. The highest BCUT2D eigenvalue weighted by Gasteiger charge is 2.18. The van der Waals surface area contributed by atoms with Gasteiger partial charge in [0.1, 0.15) is 0 Å². The van der Waals surface area contributed by atoms with Crippen LogP contribution in [0.1, 0.15) is 0 Å². The van der Waals surface area contributed by atoms with Gasteiger partial charge >= 0.3 is 0 Å². The molecule has 1 amide bonds. The molecule has 6 nitrogen and oxygen atoms in total. The third-order valence-electron chi connectivity index (χ3n) is 4.13. The summed E-state index contributed by atoms with van der Waals surface area (Å²) in [5.74, 6) is 0.506. The minimum absolute atomic E-state index is 0.111. The average molecular weight is 456 g/mol.